The number of carboxylic acid groups (broad SMARTS) is 1. The average Bonchev–Trinajstić information content (AvgIpc) is 3.07. The lowest BCUT2D eigenvalue weighted by atomic mass is 10.2. The van der Waals surface area contributed by atoms with Gasteiger partial charge in [-0.3, -0.25) is 4.79 Å². The lowest BCUT2D eigenvalue weighted by molar-refractivity contribution is -0.136. The fourth-order valence-corrected chi connectivity index (χ4v) is 4.21. The smallest absolute Gasteiger partial charge is 0.305 e. The number of aliphatic carboxylic acids is 1. The van der Waals surface area contributed by atoms with E-state index in [1.165, 1.54) is 12.8 Å². The van der Waals surface area contributed by atoms with Crippen molar-refractivity contribution in [1.82, 2.24) is 4.98 Å². The highest BCUT2D eigenvalue weighted by molar-refractivity contribution is 7.22. The summed E-state index contributed by atoms with van der Waals surface area (Å²) in [7, 11) is 0. The maximum absolute atomic E-state index is 10.9. The van der Waals surface area contributed by atoms with E-state index in [0.29, 0.717) is 17.6 Å². The van der Waals surface area contributed by atoms with Crippen molar-refractivity contribution in [2.75, 3.05) is 11.4 Å². The van der Waals surface area contributed by atoms with Gasteiger partial charge in [-0.2, -0.15) is 0 Å². The van der Waals surface area contributed by atoms with Crippen molar-refractivity contribution in [3.8, 4) is 0 Å². The number of aromatic nitrogens is 1. The molecule has 1 aromatic heterocycles. The molecule has 0 amide bonds. The van der Waals surface area contributed by atoms with Crippen LogP contribution in [-0.4, -0.2) is 28.6 Å². The molecule has 2 aromatic rings. The number of carbonyl (C=O) groups is 1. The van der Waals surface area contributed by atoms with Crippen molar-refractivity contribution in [1.29, 1.82) is 0 Å². The van der Waals surface area contributed by atoms with Gasteiger partial charge >= 0.3 is 5.97 Å². The summed E-state index contributed by atoms with van der Waals surface area (Å²) in [6, 6.07) is 6.09. The molecule has 1 aliphatic carbocycles. The van der Waals surface area contributed by atoms with Gasteiger partial charge in [-0.15, -0.1) is 12.4 Å². The van der Waals surface area contributed by atoms with Crippen LogP contribution in [0.15, 0.2) is 18.2 Å². The van der Waals surface area contributed by atoms with Crippen molar-refractivity contribution in [3.63, 3.8) is 0 Å². The van der Waals surface area contributed by atoms with Gasteiger partial charge in [0, 0.05) is 17.6 Å². The molecule has 1 N–H and O–H groups in total. The number of thiazole rings is 1. The number of anilines is 1. The van der Waals surface area contributed by atoms with Crippen LogP contribution >= 0.6 is 35.3 Å². The molecule has 4 nitrogen and oxygen atoms in total. The third-order valence-corrected chi connectivity index (χ3v) is 5.21. The highest BCUT2D eigenvalue weighted by Gasteiger charge is 2.25. The molecular formula is C15H18Cl2N2O2S. The standard InChI is InChI=1S/C15H17ClN2O2S.ClH/c16-10-5-6-12-13(9-10)21-15(17-12)18(8-7-14(19)20)11-3-1-2-4-11;/h5-6,9,11H,1-4,7-8H2,(H,19,20);1H. The van der Waals surface area contributed by atoms with E-state index in [0.717, 1.165) is 28.2 Å². The number of carboxylic acids is 1. The zero-order chi connectivity index (χ0) is 14.8. The summed E-state index contributed by atoms with van der Waals surface area (Å²) >= 11 is 7.62. The Kier molecular flexibility index (Phi) is 5.89. The molecule has 0 spiro atoms. The molecule has 0 radical (unpaired) electrons. The first-order chi connectivity index (χ1) is 10.1. The molecular weight excluding hydrogens is 343 g/mol. The number of fused-ring (bicyclic) bond motifs is 1. The Morgan fingerprint density at radius 3 is 2.82 bits per heavy atom. The van der Waals surface area contributed by atoms with E-state index < -0.39 is 5.97 Å². The first-order valence-electron chi connectivity index (χ1n) is 7.18. The van der Waals surface area contributed by atoms with Crippen LogP contribution in [0.5, 0.6) is 0 Å². The van der Waals surface area contributed by atoms with E-state index >= 15 is 0 Å². The minimum Gasteiger partial charge on any atom is -0.481 e. The van der Waals surface area contributed by atoms with E-state index in [1.54, 1.807) is 11.3 Å². The maximum Gasteiger partial charge on any atom is 0.305 e. The van der Waals surface area contributed by atoms with Crippen molar-refractivity contribution in [2.24, 2.45) is 0 Å². The molecule has 22 heavy (non-hydrogen) atoms. The molecule has 3 rings (SSSR count). The van der Waals surface area contributed by atoms with Gasteiger partial charge in [0.25, 0.3) is 0 Å². The third-order valence-electron chi connectivity index (χ3n) is 3.92. The van der Waals surface area contributed by atoms with Crippen LogP contribution in [0.2, 0.25) is 5.02 Å². The molecule has 120 valence electrons. The van der Waals surface area contributed by atoms with Crippen molar-refractivity contribution in [2.45, 2.75) is 38.1 Å². The number of rotatable bonds is 5. The quantitative estimate of drug-likeness (QED) is 0.846. The van der Waals surface area contributed by atoms with Crippen molar-refractivity contribution < 1.29 is 9.90 Å². The van der Waals surface area contributed by atoms with Gasteiger partial charge in [0.2, 0.25) is 0 Å². The Morgan fingerprint density at radius 2 is 2.14 bits per heavy atom. The van der Waals surface area contributed by atoms with Crippen LogP contribution in [0.25, 0.3) is 10.2 Å². The fourth-order valence-electron chi connectivity index (χ4n) is 2.88. The number of benzene rings is 1. The summed E-state index contributed by atoms with van der Waals surface area (Å²) in [5.74, 6) is -0.762. The van der Waals surface area contributed by atoms with Crippen LogP contribution in [-0.2, 0) is 4.79 Å². The molecule has 0 saturated heterocycles. The van der Waals surface area contributed by atoms with E-state index in [2.05, 4.69) is 9.88 Å². The lowest BCUT2D eigenvalue weighted by Gasteiger charge is -2.27. The number of hydrogen-bond donors (Lipinski definition) is 1. The zero-order valence-corrected chi connectivity index (χ0v) is 14.4. The van der Waals surface area contributed by atoms with Crippen LogP contribution in [0.4, 0.5) is 5.13 Å². The normalized spacial score (nSPS) is 15.0. The minimum atomic E-state index is -0.762. The monoisotopic (exact) mass is 360 g/mol. The van der Waals surface area contributed by atoms with E-state index in [4.69, 9.17) is 16.7 Å². The first kappa shape index (κ1) is 17.3. The summed E-state index contributed by atoms with van der Waals surface area (Å²) in [6.07, 6.45) is 4.82. The second-order valence-corrected chi connectivity index (χ2v) is 6.83. The van der Waals surface area contributed by atoms with Gasteiger partial charge in [0.15, 0.2) is 5.13 Å². The second-order valence-electron chi connectivity index (χ2n) is 5.38. The summed E-state index contributed by atoms with van der Waals surface area (Å²) < 4.78 is 1.05. The number of nitrogens with zero attached hydrogens (tertiary/aromatic N) is 2. The molecule has 1 saturated carbocycles. The molecule has 1 heterocycles. The van der Waals surface area contributed by atoms with Crippen molar-refractivity contribution in [3.05, 3.63) is 23.2 Å². The van der Waals surface area contributed by atoms with Crippen molar-refractivity contribution >= 4 is 56.7 Å². The van der Waals surface area contributed by atoms with Crippen LogP contribution in [0.1, 0.15) is 32.1 Å². The van der Waals surface area contributed by atoms with Gasteiger partial charge in [-0.1, -0.05) is 35.8 Å². The Morgan fingerprint density at radius 1 is 1.41 bits per heavy atom. The molecule has 0 unspecified atom stereocenters. The van der Waals surface area contributed by atoms with Crippen LogP contribution < -0.4 is 4.90 Å². The van der Waals surface area contributed by atoms with Gasteiger partial charge < -0.3 is 10.0 Å². The van der Waals surface area contributed by atoms with Gasteiger partial charge in [-0.05, 0) is 31.0 Å². The maximum atomic E-state index is 10.9. The predicted octanol–water partition coefficient (Wildman–Crippen LogP) is 4.60. The molecule has 0 aliphatic heterocycles. The summed E-state index contributed by atoms with van der Waals surface area (Å²) in [5, 5.41) is 10.6. The second kappa shape index (κ2) is 7.49. The van der Waals surface area contributed by atoms with Crippen LogP contribution in [0, 0.1) is 0 Å². The van der Waals surface area contributed by atoms with Gasteiger partial charge in [-0.25, -0.2) is 4.98 Å². The third kappa shape index (κ3) is 3.83. The Balaban J connectivity index is 0.00000176. The molecule has 0 atom stereocenters. The summed E-state index contributed by atoms with van der Waals surface area (Å²) in [5.41, 5.74) is 0.928. The minimum absolute atomic E-state index is 0. The molecule has 7 heteroatoms. The topological polar surface area (TPSA) is 53.4 Å². The lowest BCUT2D eigenvalue weighted by Crippen LogP contribution is -2.35. The number of hydrogen-bond acceptors (Lipinski definition) is 4. The highest BCUT2D eigenvalue weighted by Crippen LogP contribution is 2.35. The fraction of sp³-hybridized carbons (Fsp3) is 0.467. The summed E-state index contributed by atoms with van der Waals surface area (Å²) in [6.45, 7) is 0.521. The SMILES string of the molecule is Cl.O=C(O)CCN(c1nc2ccc(Cl)cc2s1)C1CCCC1. The Hall–Kier alpha value is -1.04. The van der Waals surface area contributed by atoms with Crippen LogP contribution in [0.3, 0.4) is 0 Å². The van der Waals surface area contributed by atoms with E-state index in [1.807, 2.05) is 18.2 Å². The predicted molar refractivity (Wildman–Crippen MR) is 93.7 cm³/mol. The van der Waals surface area contributed by atoms with E-state index in [9.17, 15) is 4.79 Å². The molecule has 1 aliphatic rings. The Labute approximate surface area is 144 Å². The largest absolute Gasteiger partial charge is 0.481 e. The number of halogens is 2. The highest BCUT2D eigenvalue weighted by atomic mass is 35.5. The molecule has 1 fully saturated rings. The summed E-state index contributed by atoms with van der Waals surface area (Å²) in [4.78, 5) is 17.8. The average molecular weight is 361 g/mol. The molecule has 0 bridgehead atoms. The zero-order valence-electron chi connectivity index (χ0n) is 12.0. The molecule has 1 aromatic carbocycles. The van der Waals surface area contributed by atoms with Gasteiger partial charge in [0.1, 0.15) is 0 Å². The van der Waals surface area contributed by atoms with Gasteiger partial charge in [0.05, 0.1) is 16.6 Å². The first-order valence-corrected chi connectivity index (χ1v) is 8.37. The van der Waals surface area contributed by atoms with E-state index in [-0.39, 0.29) is 18.8 Å². The Bertz CT molecular complexity index is 656.